The third-order valence-electron chi connectivity index (χ3n) is 2.22. The molecule has 1 amide bonds. The van der Waals surface area contributed by atoms with Crippen molar-refractivity contribution in [2.75, 3.05) is 6.54 Å². The molecule has 0 radical (unpaired) electrons. The highest BCUT2D eigenvalue weighted by Crippen LogP contribution is 2.11. The van der Waals surface area contributed by atoms with Crippen molar-refractivity contribution in [3.8, 4) is 6.07 Å². The quantitative estimate of drug-likeness (QED) is 0.837. The van der Waals surface area contributed by atoms with E-state index in [1.54, 1.807) is 26.1 Å². The van der Waals surface area contributed by atoms with Crippen LogP contribution in [0.1, 0.15) is 29.9 Å². The van der Waals surface area contributed by atoms with Crippen molar-refractivity contribution in [3.63, 3.8) is 0 Å². The second kappa shape index (κ2) is 4.75. The zero-order chi connectivity index (χ0) is 12.2. The van der Waals surface area contributed by atoms with E-state index in [0.29, 0.717) is 12.2 Å². The van der Waals surface area contributed by atoms with E-state index >= 15 is 0 Å². The molecule has 0 aromatic carbocycles. The third-order valence-corrected chi connectivity index (χ3v) is 2.22. The van der Waals surface area contributed by atoms with Crippen molar-refractivity contribution >= 4 is 5.91 Å². The standard InChI is InChI=1S/C12H15N3O/c1-9-5-4-6-14-10(9)11(16)15-8-12(2,3)7-13/h4-6H,8H2,1-3H3,(H,15,16). The van der Waals surface area contributed by atoms with Crippen LogP contribution in [-0.4, -0.2) is 17.4 Å². The summed E-state index contributed by atoms with van der Waals surface area (Å²) >= 11 is 0. The second-order valence-electron chi connectivity index (χ2n) is 4.35. The molecule has 0 atom stereocenters. The van der Waals surface area contributed by atoms with Crippen LogP contribution in [0.4, 0.5) is 0 Å². The van der Waals surface area contributed by atoms with Gasteiger partial charge in [-0.1, -0.05) is 6.07 Å². The minimum absolute atomic E-state index is 0.235. The van der Waals surface area contributed by atoms with E-state index in [2.05, 4.69) is 16.4 Å². The van der Waals surface area contributed by atoms with Crippen LogP contribution in [0.5, 0.6) is 0 Å². The number of carbonyl (C=O) groups excluding carboxylic acids is 1. The van der Waals surface area contributed by atoms with Gasteiger partial charge in [-0.3, -0.25) is 9.78 Å². The minimum atomic E-state index is -0.557. The molecule has 0 aliphatic carbocycles. The van der Waals surface area contributed by atoms with Crippen LogP contribution in [0, 0.1) is 23.7 Å². The van der Waals surface area contributed by atoms with Gasteiger partial charge in [-0.2, -0.15) is 5.26 Å². The molecule has 1 heterocycles. The van der Waals surface area contributed by atoms with E-state index in [9.17, 15) is 4.79 Å². The van der Waals surface area contributed by atoms with E-state index in [4.69, 9.17) is 5.26 Å². The van der Waals surface area contributed by atoms with Crippen LogP contribution in [0.2, 0.25) is 0 Å². The summed E-state index contributed by atoms with van der Waals surface area (Å²) in [5.74, 6) is -0.235. The zero-order valence-electron chi connectivity index (χ0n) is 9.74. The fraction of sp³-hybridized carbons (Fsp3) is 0.417. The maximum absolute atomic E-state index is 11.7. The topological polar surface area (TPSA) is 65.8 Å². The van der Waals surface area contributed by atoms with E-state index in [1.807, 2.05) is 13.0 Å². The smallest absolute Gasteiger partial charge is 0.270 e. The molecular formula is C12H15N3O. The first-order valence-corrected chi connectivity index (χ1v) is 5.07. The van der Waals surface area contributed by atoms with Gasteiger partial charge in [-0.15, -0.1) is 0 Å². The number of nitriles is 1. The first kappa shape index (κ1) is 12.2. The number of nitrogens with one attached hydrogen (secondary N) is 1. The summed E-state index contributed by atoms with van der Waals surface area (Å²) in [6.07, 6.45) is 1.58. The van der Waals surface area contributed by atoms with Gasteiger partial charge in [0.05, 0.1) is 11.5 Å². The van der Waals surface area contributed by atoms with E-state index in [0.717, 1.165) is 5.56 Å². The van der Waals surface area contributed by atoms with Crippen LogP contribution >= 0.6 is 0 Å². The lowest BCUT2D eigenvalue weighted by molar-refractivity contribution is 0.0938. The van der Waals surface area contributed by atoms with Crippen molar-refractivity contribution in [1.29, 1.82) is 5.26 Å². The molecule has 1 N–H and O–H groups in total. The number of nitrogens with zero attached hydrogens (tertiary/aromatic N) is 2. The highest BCUT2D eigenvalue weighted by molar-refractivity contribution is 5.93. The maximum atomic E-state index is 11.7. The third kappa shape index (κ3) is 3.06. The predicted octanol–water partition coefficient (Wildman–Crippen LogP) is 1.67. The lowest BCUT2D eigenvalue weighted by Gasteiger charge is -2.15. The predicted molar refractivity (Wildman–Crippen MR) is 60.7 cm³/mol. The van der Waals surface area contributed by atoms with Crippen LogP contribution in [0.3, 0.4) is 0 Å². The highest BCUT2D eigenvalue weighted by atomic mass is 16.1. The van der Waals surface area contributed by atoms with Gasteiger partial charge < -0.3 is 5.32 Å². The number of pyridine rings is 1. The van der Waals surface area contributed by atoms with Crippen molar-refractivity contribution < 1.29 is 4.79 Å². The SMILES string of the molecule is Cc1cccnc1C(=O)NCC(C)(C)C#N. The summed E-state index contributed by atoms with van der Waals surface area (Å²) in [7, 11) is 0. The molecule has 1 rings (SSSR count). The Morgan fingerprint density at radius 2 is 2.31 bits per heavy atom. The lowest BCUT2D eigenvalue weighted by atomic mass is 9.96. The summed E-state index contributed by atoms with van der Waals surface area (Å²) in [6.45, 7) is 5.70. The Bertz CT molecular complexity index is 432. The number of amides is 1. The first-order chi connectivity index (χ1) is 7.46. The Morgan fingerprint density at radius 1 is 1.62 bits per heavy atom. The normalized spacial score (nSPS) is 10.6. The number of rotatable bonds is 3. The molecule has 0 spiro atoms. The van der Waals surface area contributed by atoms with Gasteiger partial charge in [0.1, 0.15) is 5.69 Å². The molecule has 0 aliphatic rings. The molecule has 4 heteroatoms. The Labute approximate surface area is 95.3 Å². The van der Waals surface area contributed by atoms with Gasteiger partial charge >= 0.3 is 0 Å². The van der Waals surface area contributed by atoms with Crippen LogP contribution in [-0.2, 0) is 0 Å². The van der Waals surface area contributed by atoms with Gasteiger partial charge in [-0.25, -0.2) is 0 Å². The van der Waals surface area contributed by atoms with Crippen LogP contribution in [0.25, 0.3) is 0 Å². The molecule has 1 aromatic heterocycles. The Hall–Kier alpha value is -1.89. The molecule has 4 nitrogen and oxygen atoms in total. The fourth-order valence-electron chi connectivity index (χ4n) is 1.15. The number of aryl methyl sites for hydroxylation is 1. The van der Waals surface area contributed by atoms with Crippen molar-refractivity contribution in [1.82, 2.24) is 10.3 Å². The highest BCUT2D eigenvalue weighted by Gasteiger charge is 2.19. The number of hydrogen-bond acceptors (Lipinski definition) is 3. The monoisotopic (exact) mass is 217 g/mol. The first-order valence-electron chi connectivity index (χ1n) is 5.07. The van der Waals surface area contributed by atoms with E-state index < -0.39 is 5.41 Å². The van der Waals surface area contributed by atoms with Crippen molar-refractivity contribution in [2.45, 2.75) is 20.8 Å². The molecule has 16 heavy (non-hydrogen) atoms. The minimum Gasteiger partial charge on any atom is -0.349 e. The molecule has 0 aliphatic heterocycles. The molecule has 0 saturated heterocycles. The Kier molecular flexibility index (Phi) is 3.62. The van der Waals surface area contributed by atoms with Gasteiger partial charge in [0, 0.05) is 12.7 Å². The summed E-state index contributed by atoms with van der Waals surface area (Å²) in [5, 5.41) is 11.5. The van der Waals surface area contributed by atoms with Crippen LogP contribution in [0.15, 0.2) is 18.3 Å². The summed E-state index contributed by atoms with van der Waals surface area (Å²) in [5.41, 5.74) is 0.684. The average molecular weight is 217 g/mol. The molecule has 84 valence electrons. The summed E-state index contributed by atoms with van der Waals surface area (Å²) in [4.78, 5) is 15.8. The van der Waals surface area contributed by atoms with Gasteiger partial charge in [0.25, 0.3) is 5.91 Å². The average Bonchev–Trinajstić information content (AvgIpc) is 2.27. The Balaban J connectivity index is 2.68. The second-order valence-corrected chi connectivity index (χ2v) is 4.35. The molecule has 1 aromatic rings. The maximum Gasteiger partial charge on any atom is 0.270 e. The van der Waals surface area contributed by atoms with Crippen molar-refractivity contribution in [3.05, 3.63) is 29.6 Å². The van der Waals surface area contributed by atoms with Gasteiger partial charge in [0.2, 0.25) is 0 Å². The molecule has 0 unspecified atom stereocenters. The van der Waals surface area contributed by atoms with Gasteiger partial charge in [-0.05, 0) is 32.4 Å². The number of aromatic nitrogens is 1. The summed E-state index contributed by atoms with van der Waals surface area (Å²) < 4.78 is 0. The molecule has 0 saturated carbocycles. The Morgan fingerprint density at radius 3 is 2.88 bits per heavy atom. The number of carbonyl (C=O) groups is 1. The van der Waals surface area contributed by atoms with E-state index in [1.165, 1.54) is 0 Å². The molecule has 0 bridgehead atoms. The fourth-order valence-corrected chi connectivity index (χ4v) is 1.15. The van der Waals surface area contributed by atoms with E-state index in [-0.39, 0.29) is 5.91 Å². The number of hydrogen-bond donors (Lipinski definition) is 1. The molecular weight excluding hydrogens is 202 g/mol. The summed E-state index contributed by atoms with van der Waals surface area (Å²) in [6, 6.07) is 5.74. The van der Waals surface area contributed by atoms with Crippen LogP contribution < -0.4 is 5.32 Å². The lowest BCUT2D eigenvalue weighted by Crippen LogP contribution is -2.33. The largest absolute Gasteiger partial charge is 0.349 e. The zero-order valence-corrected chi connectivity index (χ0v) is 9.74. The van der Waals surface area contributed by atoms with Crippen molar-refractivity contribution in [2.24, 2.45) is 5.41 Å². The van der Waals surface area contributed by atoms with Gasteiger partial charge in [0.15, 0.2) is 0 Å². The molecule has 0 fully saturated rings.